The van der Waals surface area contributed by atoms with Gasteiger partial charge in [-0.05, 0) is 25.0 Å². The van der Waals surface area contributed by atoms with Crippen molar-refractivity contribution >= 4 is 0 Å². The second-order valence-electron chi connectivity index (χ2n) is 3.01. The fourth-order valence-electron chi connectivity index (χ4n) is 0.930. The van der Waals surface area contributed by atoms with Gasteiger partial charge in [0.2, 0.25) is 0 Å². The van der Waals surface area contributed by atoms with Crippen molar-refractivity contribution in [2.24, 2.45) is 0 Å². The maximum atomic E-state index is 5.08. The van der Waals surface area contributed by atoms with Gasteiger partial charge in [0.05, 0.1) is 7.11 Å². The molecule has 0 atom stereocenters. The molecule has 0 aliphatic rings. The topological polar surface area (TPSA) is 9.23 Å². The van der Waals surface area contributed by atoms with Crippen LogP contribution in [0.15, 0.2) is 24.0 Å². The fraction of sp³-hybridized carbons (Fsp3) is 0.667. The van der Waals surface area contributed by atoms with E-state index in [1.165, 1.54) is 12.0 Å². The minimum absolute atomic E-state index is 0.918. The van der Waals surface area contributed by atoms with Crippen LogP contribution in [0.2, 0.25) is 0 Å². The molecule has 1 nitrogen and oxygen atoms in total. The van der Waals surface area contributed by atoms with Crippen LogP contribution in [0.3, 0.4) is 0 Å². The van der Waals surface area contributed by atoms with Crippen molar-refractivity contribution < 1.29 is 4.74 Å². The lowest BCUT2D eigenvalue weighted by molar-refractivity contribution is 0.301. The normalized spacial score (nSPS) is 10.8. The maximum absolute atomic E-state index is 5.08. The van der Waals surface area contributed by atoms with Gasteiger partial charge in [0, 0.05) is 0 Å². The van der Waals surface area contributed by atoms with Gasteiger partial charge in [0.15, 0.2) is 0 Å². The summed E-state index contributed by atoms with van der Waals surface area (Å²) in [7, 11) is 1.68. The van der Waals surface area contributed by atoms with Crippen LogP contribution < -0.4 is 0 Å². The van der Waals surface area contributed by atoms with E-state index < -0.39 is 0 Å². The van der Waals surface area contributed by atoms with Crippen LogP contribution in [0.25, 0.3) is 0 Å². The smallest absolute Gasteiger partial charge is 0.117 e. The van der Waals surface area contributed by atoms with E-state index in [-0.39, 0.29) is 0 Å². The van der Waals surface area contributed by atoms with Gasteiger partial charge >= 0.3 is 0 Å². The summed E-state index contributed by atoms with van der Waals surface area (Å²) < 4.78 is 5.08. The molecule has 0 unspecified atom stereocenters. The minimum atomic E-state index is 0.918. The Kier molecular flexibility index (Phi) is 12.8. The molecule has 0 N–H and O–H groups in total. The van der Waals surface area contributed by atoms with Gasteiger partial charge in [-0.25, -0.2) is 0 Å². The SMILES string of the molecule is C=C/C(OC)=C(\C)CCC.CCC. The first-order chi connectivity index (χ1) is 6.17. The molecular weight excluding hydrogens is 160 g/mol. The molecular formula is C12H24O. The third kappa shape index (κ3) is 9.19. The van der Waals surface area contributed by atoms with Gasteiger partial charge in [-0.1, -0.05) is 40.2 Å². The monoisotopic (exact) mass is 184 g/mol. The average molecular weight is 184 g/mol. The van der Waals surface area contributed by atoms with Gasteiger partial charge in [-0.2, -0.15) is 0 Å². The van der Waals surface area contributed by atoms with E-state index in [1.54, 1.807) is 13.2 Å². The van der Waals surface area contributed by atoms with Crippen molar-refractivity contribution in [2.45, 2.75) is 47.0 Å². The Morgan fingerprint density at radius 2 is 1.77 bits per heavy atom. The van der Waals surface area contributed by atoms with E-state index in [2.05, 4.69) is 34.3 Å². The van der Waals surface area contributed by atoms with E-state index in [1.807, 2.05) is 0 Å². The van der Waals surface area contributed by atoms with Crippen molar-refractivity contribution in [1.82, 2.24) is 0 Å². The number of methoxy groups -OCH3 is 1. The highest BCUT2D eigenvalue weighted by molar-refractivity contribution is 5.16. The Balaban J connectivity index is 0. The van der Waals surface area contributed by atoms with Crippen LogP contribution in [0, 0.1) is 0 Å². The molecule has 1 heteroatoms. The van der Waals surface area contributed by atoms with Crippen molar-refractivity contribution in [1.29, 1.82) is 0 Å². The third-order valence-corrected chi connectivity index (χ3v) is 1.45. The van der Waals surface area contributed by atoms with Crippen molar-refractivity contribution in [3.05, 3.63) is 24.0 Å². The largest absolute Gasteiger partial charge is 0.497 e. The summed E-state index contributed by atoms with van der Waals surface area (Å²) in [5.41, 5.74) is 1.28. The van der Waals surface area contributed by atoms with E-state index in [0.717, 1.165) is 18.6 Å². The molecule has 0 aromatic rings. The van der Waals surface area contributed by atoms with Crippen LogP contribution >= 0.6 is 0 Å². The lowest BCUT2D eigenvalue weighted by Gasteiger charge is -2.04. The van der Waals surface area contributed by atoms with E-state index >= 15 is 0 Å². The lowest BCUT2D eigenvalue weighted by Crippen LogP contribution is -1.87. The van der Waals surface area contributed by atoms with Crippen molar-refractivity contribution in [2.75, 3.05) is 7.11 Å². The molecule has 0 radical (unpaired) electrons. The van der Waals surface area contributed by atoms with Crippen LogP contribution in [0.5, 0.6) is 0 Å². The van der Waals surface area contributed by atoms with Crippen LogP contribution in [0.4, 0.5) is 0 Å². The quantitative estimate of drug-likeness (QED) is 0.467. The van der Waals surface area contributed by atoms with Crippen molar-refractivity contribution in [3.8, 4) is 0 Å². The van der Waals surface area contributed by atoms with Gasteiger partial charge in [-0.3, -0.25) is 0 Å². The minimum Gasteiger partial charge on any atom is -0.497 e. The van der Waals surface area contributed by atoms with Gasteiger partial charge < -0.3 is 4.74 Å². The van der Waals surface area contributed by atoms with E-state index in [4.69, 9.17) is 4.74 Å². The molecule has 0 rings (SSSR count). The molecule has 78 valence electrons. The Labute approximate surface area is 83.5 Å². The van der Waals surface area contributed by atoms with Crippen molar-refractivity contribution in [3.63, 3.8) is 0 Å². The molecule has 0 spiro atoms. The predicted octanol–water partition coefficient (Wildman–Crippen LogP) is 4.31. The van der Waals surface area contributed by atoms with Gasteiger partial charge in [-0.15, -0.1) is 0 Å². The summed E-state index contributed by atoms with van der Waals surface area (Å²) in [6.07, 6.45) is 5.26. The number of hydrogen-bond acceptors (Lipinski definition) is 1. The Hall–Kier alpha value is -0.720. The van der Waals surface area contributed by atoms with Gasteiger partial charge in [0.25, 0.3) is 0 Å². The first-order valence-electron chi connectivity index (χ1n) is 5.03. The summed E-state index contributed by atoms with van der Waals surface area (Å²) >= 11 is 0. The second-order valence-corrected chi connectivity index (χ2v) is 3.01. The lowest BCUT2D eigenvalue weighted by atomic mass is 10.1. The highest BCUT2D eigenvalue weighted by Gasteiger charge is 1.95. The first kappa shape index (κ1) is 14.8. The van der Waals surface area contributed by atoms with Crippen LogP contribution in [-0.4, -0.2) is 7.11 Å². The number of allylic oxidation sites excluding steroid dienone is 2. The van der Waals surface area contributed by atoms with E-state index in [9.17, 15) is 0 Å². The molecule has 0 aliphatic heterocycles. The maximum Gasteiger partial charge on any atom is 0.117 e. The van der Waals surface area contributed by atoms with E-state index in [0.29, 0.717) is 0 Å². The first-order valence-corrected chi connectivity index (χ1v) is 5.03. The zero-order valence-electron chi connectivity index (χ0n) is 9.81. The molecule has 0 bridgehead atoms. The van der Waals surface area contributed by atoms with Gasteiger partial charge in [0.1, 0.15) is 5.76 Å². The second kappa shape index (κ2) is 11.3. The molecule has 0 saturated carbocycles. The molecule has 0 fully saturated rings. The third-order valence-electron chi connectivity index (χ3n) is 1.45. The fourth-order valence-corrected chi connectivity index (χ4v) is 0.930. The summed E-state index contributed by atoms with van der Waals surface area (Å²) in [4.78, 5) is 0. The van der Waals surface area contributed by atoms with Crippen LogP contribution in [-0.2, 0) is 4.74 Å². The number of hydrogen-bond donors (Lipinski definition) is 0. The Morgan fingerprint density at radius 1 is 1.31 bits per heavy atom. The summed E-state index contributed by atoms with van der Waals surface area (Å²) in [5, 5.41) is 0. The Morgan fingerprint density at radius 3 is 2.00 bits per heavy atom. The summed E-state index contributed by atoms with van der Waals surface area (Å²) in [6, 6.07) is 0. The summed E-state index contributed by atoms with van der Waals surface area (Å²) in [5.74, 6) is 0.918. The molecule has 0 saturated heterocycles. The highest BCUT2D eigenvalue weighted by Crippen LogP contribution is 2.11. The zero-order chi connectivity index (χ0) is 10.7. The number of rotatable bonds is 4. The standard InChI is InChI=1S/C9H16O.C3H8/c1-5-7-8(3)9(6-2)10-4;1-3-2/h6H,2,5,7H2,1,3-4H3;3H2,1-2H3/b9-8-;. The Bertz CT molecular complexity index is 145. The molecule has 0 aromatic carbocycles. The number of ether oxygens (including phenoxy) is 1. The zero-order valence-corrected chi connectivity index (χ0v) is 9.81. The summed E-state index contributed by atoms with van der Waals surface area (Å²) in [6.45, 7) is 12.1. The molecule has 0 aliphatic carbocycles. The average Bonchev–Trinajstić information content (AvgIpc) is 2.08. The highest BCUT2D eigenvalue weighted by atomic mass is 16.5. The molecule has 0 heterocycles. The van der Waals surface area contributed by atoms with Crippen LogP contribution in [0.1, 0.15) is 47.0 Å². The predicted molar refractivity (Wildman–Crippen MR) is 60.8 cm³/mol. The molecule has 0 aromatic heterocycles. The molecule has 13 heavy (non-hydrogen) atoms. The molecule has 0 amide bonds.